The van der Waals surface area contributed by atoms with Crippen LogP contribution in [0.2, 0.25) is 0 Å². The second-order valence-electron chi connectivity index (χ2n) is 12.3. The Bertz CT molecular complexity index is 2860. The van der Waals surface area contributed by atoms with Crippen LogP contribution >= 0.6 is 0 Å². The van der Waals surface area contributed by atoms with Gasteiger partial charge in [0.15, 0.2) is 0 Å². The highest BCUT2D eigenvalue weighted by molar-refractivity contribution is 6.22. The fourth-order valence-corrected chi connectivity index (χ4v) is 7.14. The predicted octanol–water partition coefficient (Wildman–Crippen LogP) is 8.96. The van der Waals surface area contributed by atoms with Gasteiger partial charge in [-0.25, -0.2) is 29.9 Å². The molecule has 0 saturated heterocycles. The Kier molecular flexibility index (Phi) is 5.44. The summed E-state index contributed by atoms with van der Waals surface area (Å²) in [5.74, 6) is 0. The molecule has 50 heavy (non-hydrogen) atoms. The minimum absolute atomic E-state index is 0.609. The average Bonchev–Trinajstić information content (AvgIpc) is 4.01. The van der Waals surface area contributed by atoms with Gasteiger partial charge < -0.3 is 19.9 Å². The predicted molar refractivity (Wildman–Crippen MR) is 197 cm³/mol. The third-order valence-electron chi connectivity index (χ3n) is 9.44. The van der Waals surface area contributed by atoms with E-state index in [4.69, 9.17) is 29.9 Å². The Balaban J connectivity index is 1.36. The van der Waals surface area contributed by atoms with Gasteiger partial charge in [0.05, 0.1) is 33.1 Å². The summed E-state index contributed by atoms with van der Waals surface area (Å²) in [5, 5.41) is 0. The minimum atomic E-state index is 0.609. The Morgan fingerprint density at radius 2 is 0.580 bits per heavy atom. The largest absolute Gasteiger partial charge is 0.361 e. The zero-order valence-electron chi connectivity index (χ0n) is 26.2. The van der Waals surface area contributed by atoms with Gasteiger partial charge in [0.25, 0.3) is 0 Å². The molecule has 0 radical (unpaired) electrons. The molecule has 10 heteroatoms. The quantitative estimate of drug-likeness (QED) is 0.111. The van der Waals surface area contributed by atoms with E-state index < -0.39 is 0 Å². The van der Waals surface area contributed by atoms with Crippen LogP contribution in [0.3, 0.4) is 0 Å². The van der Waals surface area contributed by atoms with Crippen molar-refractivity contribution < 1.29 is 0 Å². The highest BCUT2D eigenvalue weighted by Gasteiger charge is 2.23. The van der Waals surface area contributed by atoms with Gasteiger partial charge in [0.2, 0.25) is 0 Å². The summed E-state index contributed by atoms with van der Waals surface area (Å²) in [6, 6.07) is 32.4. The second-order valence-corrected chi connectivity index (χ2v) is 12.3. The summed E-state index contributed by atoms with van der Waals surface area (Å²) >= 11 is 0. The van der Waals surface area contributed by atoms with Crippen molar-refractivity contribution in [2.24, 2.45) is 0 Å². The lowest BCUT2D eigenvalue weighted by atomic mass is 10.0. The molecule has 0 unspecified atom stereocenters. The zero-order chi connectivity index (χ0) is 32.8. The van der Waals surface area contributed by atoms with Crippen LogP contribution in [0.5, 0.6) is 0 Å². The van der Waals surface area contributed by atoms with Crippen molar-refractivity contribution in [3.8, 4) is 45.0 Å². The molecule has 4 N–H and O–H groups in total. The number of nitrogens with zero attached hydrogens (tertiary/aromatic N) is 6. The number of fused-ring (bicyclic) bond motifs is 9. The molecule has 4 aromatic carbocycles. The number of rotatable bonds is 4. The lowest BCUT2D eigenvalue weighted by molar-refractivity contribution is 1.32. The monoisotopic (exact) mass is 644 g/mol. The van der Waals surface area contributed by atoms with Gasteiger partial charge in [0.1, 0.15) is 33.1 Å². The highest BCUT2D eigenvalue weighted by atomic mass is 14.9. The maximum Gasteiger partial charge on any atom is 0.120 e. The number of hydrogen-bond acceptors (Lipinski definition) is 6. The minimum Gasteiger partial charge on any atom is -0.361 e. The number of aromatic amines is 4. The van der Waals surface area contributed by atoms with E-state index in [2.05, 4.69) is 44.2 Å². The first kappa shape index (κ1) is 26.8. The molecule has 11 rings (SSSR count). The maximum absolute atomic E-state index is 5.45. The lowest BCUT2D eigenvalue weighted by Gasteiger charge is -2.14. The van der Waals surface area contributed by atoms with E-state index in [-0.39, 0.29) is 0 Å². The van der Waals surface area contributed by atoms with Crippen molar-refractivity contribution in [3.63, 3.8) is 0 Å². The summed E-state index contributed by atoms with van der Waals surface area (Å²) in [4.78, 5) is 45.5. The third kappa shape index (κ3) is 3.84. The highest BCUT2D eigenvalue weighted by Crippen LogP contribution is 2.39. The maximum atomic E-state index is 5.45. The molecule has 0 aliphatic carbocycles. The van der Waals surface area contributed by atoms with Gasteiger partial charge in [-0.15, -0.1) is 0 Å². The van der Waals surface area contributed by atoms with E-state index in [0.29, 0.717) is 33.1 Å². The molecule has 0 spiro atoms. The summed E-state index contributed by atoms with van der Waals surface area (Å²) < 4.78 is 0. The van der Waals surface area contributed by atoms with Gasteiger partial charge in [-0.3, -0.25) is 0 Å². The van der Waals surface area contributed by atoms with Crippen molar-refractivity contribution in [3.05, 3.63) is 122 Å². The summed E-state index contributed by atoms with van der Waals surface area (Å²) in [5.41, 5.74) is 15.8. The van der Waals surface area contributed by atoms with Gasteiger partial charge in [0, 0.05) is 69.8 Å². The van der Waals surface area contributed by atoms with Crippen molar-refractivity contribution in [2.75, 3.05) is 0 Å². The van der Waals surface area contributed by atoms with Gasteiger partial charge >= 0.3 is 0 Å². The van der Waals surface area contributed by atoms with E-state index >= 15 is 0 Å². The average molecular weight is 645 g/mol. The van der Waals surface area contributed by atoms with Crippen LogP contribution in [0.15, 0.2) is 122 Å². The SMILES string of the molecule is c1c[nH]c(-c2cccc3nc4c5nc6cccc(-c7ccc[nH]7)c6nc5c5nc6c(-c7ccc[nH]7)ccc(-c7ccc[nH]7)c6nc5c4nc23)c1. The molecule has 0 bridgehead atoms. The topological polar surface area (TPSA) is 140 Å². The number of aromatic nitrogens is 10. The smallest absolute Gasteiger partial charge is 0.120 e. The normalized spacial score (nSPS) is 12.0. The van der Waals surface area contributed by atoms with E-state index in [1.165, 1.54) is 0 Å². The van der Waals surface area contributed by atoms with E-state index in [1.807, 2.05) is 97.6 Å². The number of para-hydroxylation sites is 2. The van der Waals surface area contributed by atoms with Crippen molar-refractivity contribution >= 4 is 66.2 Å². The molecular formula is C40H24N10. The second kappa shape index (κ2) is 10.1. The molecule has 7 aromatic heterocycles. The molecule has 0 atom stereocenters. The molecule has 7 heterocycles. The van der Waals surface area contributed by atoms with Crippen LogP contribution in [0.25, 0.3) is 111 Å². The first-order chi connectivity index (χ1) is 24.8. The van der Waals surface area contributed by atoms with Gasteiger partial charge in [-0.1, -0.05) is 24.3 Å². The van der Waals surface area contributed by atoms with Crippen LogP contribution in [0.4, 0.5) is 0 Å². The van der Waals surface area contributed by atoms with Crippen LogP contribution in [-0.2, 0) is 0 Å². The van der Waals surface area contributed by atoms with E-state index in [1.54, 1.807) is 0 Å². The third-order valence-corrected chi connectivity index (χ3v) is 9.44. The summed E-state index contributed by atoms with van der Waals surface area (Å²) in [6.07, 6.45) is 7.66. The Labute approximate surface area is 282 Å². The molecule has 0 amide bonds. The Hall–Kier alpha value is -7.20. The standard InChI is InChI=1S/C40H24N10/c1-7-21(25-11-3-17-41-25)31-29(9-1)45-35-36-38(48-32-22(26-12-4-18-42-26)8-2-10-30(32)46-36)40-39(37(35)47-31)49-33-23(27-13-5-19-43-27)15-16-24(34(33)50-40)28-14-6-20-44-28/h1-20,41-44H. The molecular weight excluding hydrogens is 621 g/mol. The number of nitrogens with one attached hydrogen (secondary N) is 4. The first-order valence-electron chi connectivity index (χ1n) is 16.3. The number of H-pyrrole nitrogens is 4. The summed E-state index contributed by atoms with van der Waals surface area (Å²) in [7, 11) is 0. The van der Waals surface area contributed by atoms with Crippen molar-refractivity contribution in [1.82, 2.24) is 49.8 Å². The van der Waals surface area contributed by atoms with Crippen LogP contribution in [0, 0.1) is 0 Å². The molecule has 0 saturated carbocycles. The fourth-order valence-electron chi connectivity index (χ4n) is 7.14. The molecule has 0 aliphatic heterocycles. The fraction of sp³-hybridized carbons (Fsp3) is 0. The molecule has 10 nitrogen and oxygen atoms in total. The zero-order valence-corrected chi connectivity index (χ0v) is 26.2. The number of benzene rings is 4. The summed E-state index contributed by atoms with van der Waals surface area (Å²) in [6.45, 7) is 0. The number of hydrogen-bond donors (Lipinski definition) is 4. The first-order valence-corrected chi connectivity index (χ1v) is 16.3. The van der Waals surface area contributed by atoms with E-state index in [0.717, 1.165) is 78.1 Å². The lowest BCUT2D eigenvalue weighted by Crippen LogP contribution is -2.01. The molecule has 0 fully saturated rings. The molecule has 11 aromatic rings. The van der Waals surface area contributed by atoms with Crippen LogP contribution in [0.1, 0.15) is 0 Å². The van der Waals surface area contributed by atoms with Gasteiger partial charge in [-0.2, -0.15) is 0 Å². The van der Waals surface area contributed by atoms with Gasteiger partial charge in [-0.05, 0) is 72.8 Å². The van der Waals surface area contributed by atoms with Crippen molar-refractivity contribution in [2.45, 2.75) is 0 Å². The van der Waals surface area contributed by atoms with E-state index in [9.17, 15) is 0 Å². The molecule has 234 valence electrons. The molecule has 0 aliphatic rings. The van der Waals surface area contributed by atoms with Crippen LogP contribution < -0.4 is 0 Å². The Morgan fingerprint density at radius 1 is 0.260 bits per heavy atom. The Morgan fingerprint density at radius 3 is 0.920 bits per heavy atom. The van der Waals surface area contributed by atoms with Crippen LogP contribution in [-0.4, -0.2) is 49.8 Å². The van der Waals surface area contributed by atoms with Crippen molar-refractivity contribution in [1.29, 1.82) is 0 Å².